The molecule has 0 unspecified atom stereocenters. The molecule has 20 heavy (non-hydrogen) atoms. The minimum atomic E-state index is 0.132. The normalized spacial score (nSPS) is 10.4. The largest absolute Gasteiger partial charge is 0.377 e. The highest BCUT2D eigenvalue weighted by Crippen LogP contribution is 2.17. The Morgan fingerprint density at radius 3 is 2.20 bits per heavy atom. The number of carbonyl (C=O) groups is 1. The van der Waals surface area contributed by atoms with Gasteiger partial charge in [-0.1, -0.05) is 29.8 Å². The second kappa shape index (κ2) is 5.91. The molecule has 0 aliphatic carbocycles. The molecule has 0 fully saturated rings. The standard InChI is InChI=1S/C18H21NO/c1-12-5-7-14(3)16(9-12)18(20)11-19-17-10-13(2)6-8-15(17)4/h5-10,19H,11H2,1-4H3. The maximum absolute atomic E-state index is 12.3. The lowest BCUT2D eigenvalue weighted by Crippen LogP contribution is -2.16. The Bertz CT molecular complexity index is 644. The Morgan fingerprint density at radius 1 is 0.900 bits per heavy atom. The molecule has 0 saturated carbocycles. The minimum Gasteiger partial charge on any atom is -0.377 e. The summed E-state index contributed by atoms with van der Waals surface area (Å²) in [6, 6.07) is 12.2. The summed E-state index contributed by atoms with van der Waals surface area (Å²) in [6.07, 6.45) is 0. The third kappa shape index (κ3) is 3.27. The van der Waals surface area contributed by atoms with Gasteiger partial charge in [-0.25, -0.2) is 0 Å². The molecule has 0 heterocycles. The Balaban J connectivity index is 2.12. The molecule has 0 atom stereocenters. The van der Waals surface area contributed by atoms with Gasteiger partial charge in [-0.15, -0.1) is 0 Å². The van der Waals surface area contributed by atoms with Gasteiger partial charge in [0.1, 0.15) is 0 Å². The van der Waals surface area contributed by atoms with Crippen LogP contribution in [0.2, 0.25) is 0 Å². The summed E-state index contributed by atoms with van der Waals surface area (Å²) in [4.78, 5) is 12.3. The fraction of sp³-hybridized carbons (Fsp3) is 0.278. The predicted octanol–water partition coefficient (Wildman–Crippen LogP) is 4.22. The maximum atomic E-state index is 12.3. The molecule has 2 aromatic rings. The zero-order chi connectivity index (χ0) is 14.7. The Morgan fingerprint density at radius 2 is 1.50 bits per heavy atom. The first-order valence-corrected chi connectivity index (χ1v) is 6.89. The van der Waals surface area contributed by atoms with E-state index >= 15 is 0 Å². The monoisotopic (exact) mass is 267 g/mol. The van der Waals surface area contributed by atoms with E-state index in [4.69, 9.17) is 0 Å². The number of ketones is 1. The third-order valence-corrected chi connectivity index (χ3v) is 3.53. The SMILES string of the molecule is Cc1ccc(C)c(NCC(=O)c2cc(C)ccc2C)c1. The lowest BCUT2D eigenvalue weighted by atomic mass is 10.0. The molecule has 0 saturated heterocycles. The Labute approximate surface area is 120 Å². The number of hydrogen-bond donors (Lipinski definition) is 1. The van der Waals surface area contributed by atoms with Crippen LogP contribution in [0.3, 0.4) is 0 Å². The van der Waals surface area contributed by atoms with E-state index in [1.807, 2.05) is 39.0 Å². The molecule has 104 valence electrons. The average molecular weight is 267 g/mol. The van der Waals surface area contributed by atoms with Gasteiger partial charge in [0.05, 0.1) is 6.54 Å². The number of benzene rings is 2. The fourth-order valence-corrected chi connectivity index (χ4v) is 2.23. The Kier molecular flexibility index (Phi) is 4.23. The summed E-state index contributed by atoms with van der Waals surface area (Å²) in [7, 11) is 0. The van der Waals surface area contributed by atoms with Crippen LogP contribution in [0.1, 0.15) is 32.6 Å². The van der Waals surface area contributed by atoms with Gasteiger partial charge in [0.25, 0.3) is 0 Å². The number of Topliss-reactive ketones (excluding diaryl/α,β-unsaturated/α-hetero) is 1. The Hall–Kier alpha value is -2.09. The molecule has 0 aliphatic heterocycles. The summed E-state index contributed by atoms with van der Waals surface area (Å²) in [5, 5.41) is 3.25. The molecule has 1 N–H and O–H groups in total. The molecule has 0 spiro atoms. The summed E-state index contributed by atoms with van der Waals surface area (Å²) in [5.41, 5.74) is 6.34. The van der Waals surface area contributed by atoms with E-state index in [0.29, 0.717) is 6.54 Å². The van der Waals surface area contributed by atoms with Gasteiger partial charge in [-0.2, -0.15) is 0 Å². The first kappa shape index (κ1) is 14.3. The predicted molar refractivity (Wildman–Crippen MR) is 84.7 cm³/mol. The molecule has 0 aromatic heterocycles. The number of carbonyl (C=O) groups excluding carboxylic acids is 1. The van der Waals surface area contributed by atoms with Crippen molar-refractivity contribution in [3.63, 3.8) is 0 Å². The van der Waals surface area contributed by atoms with Gasteiger partial charge in [0.15, 0.2) is 5.78 Å². The van der Waals surface area contributed by atoms with Crippen molar-refractivity contribution in [2.24, 2.45) is 0 Å². The van der Waals surface area contributed by atoms with Crippen molar-refractivity contribution in [1.82, 2.24) is 0 Å². The van der Waals surface area contributed by atoms with Gasteiger partial charge in [0, 0.05) is 11.3 Å². The van der Waals surface area contributed by atoms with Crippen LogP contribution in [0, 0.1) is 27.7 Å². The summed E-state index contributed by atoms with van der Waals surface area (Å²) in [6.45, 7) is 8.41. The molecule has 0 radical (unpaired) electrons. The van der Waals surface area contributed by atoms with Gasteiger partial charge in [0.2, 0.25) is 0 Å². The van der Waals surface area contributed by atoms with Crippen LogP contribution < -0.4 is 5.32 Å². The number of rotatable bonds is 4. The van der Waals surface area contributed by atoms with Crippen LogP contribution in [0.4, 0.5) is 5.69 Å². The smallest absolute Gasteiger partial charge is 0.182 e. The van der Waals surface area contributed by atoms with Gasteiger partial charge in [-0.05, 0) is 56.5 Å². The first-order chi connectivity index (χ1) is 9.47. The lowest BCUT2D eigenvalue weighted by Gasteiger charge is -2.11. The molecule has 0 bridgehead atoms. The molecule has 2 heteroatoms. The average Bonchev–Trinajstić information content (AvgIpc) is 2.42. The number of aryl methyl sites for hydroxylation is 4. The summed E-state index contributed by atoms with van der Waals surface area (Å²) in [5.74, 6) is 0.132. The number of hydrogen-bond acceptors (Lipinski definition) is 2. The van der Waals surface area contributed by atoms with Gasteiger partial charge < -0.3 is 5.32 Å². The molecular weight excluding hydrogens is 246 g/mol. The van der Waals surface area contributed by atoms with Crippen LogP contribution >= 0.6 is 0 Å². The summed E-state index contributed by atoms with van der Waals surface area (Å²) >= 11 is 0. The van der Waals surface area contributed by atoms with Gasteiger partial charge >= 0.3 is 0 Å². The van der Waals surface area contributed by atoms with E-state index in [1.54, 1.807) is 0 Å². The highest BCUT2D eigenvalue weighted by Gasteiger charge is 2.09. The van der Waals surface area contributed by atoms with Crippen molar-refractivity contribution >= 4 is 11.5 Å². The topological polar surface area (TPSA) is 29.1 Å². The molecule has 2 rings (SSSR count). The van der Waals surface area contributed by atoms with Crippen molar-refractivity contribution < 1.29 is 4.79 Å². The van der Waals surface area contributed by atoms with E-state index in [2.05, 4.69) is 30.4 Å². The molecule has 2 aromatic carbocycles. The van der Waals surface area contributed by atoms with Crippen LogP contribution in [0.15, 0.2) is 36.4 Å². The van der Waals surface area contributed by atoms with Crippen LogP contribution in [-0.2, 0) is 0 Å². The molecule has 0 amide bonds. The van der Waals surface area contributed by atoms with E-state index in [1.165, 1.54) is 5.56 Å². The highest BCUT2D eigenvalue weighted by atomic mass is 16.1. The lowest BCUT2D eigenvalue weighted by molar-refractivity contribution is 0.101. The van der Waals surface area contributed by atoms with E-state index in [-0.39, 0.29) is 5.78 Å². The first-order valence-electron chi connectivity index (χ1n) is 6.89. The zero-order valence-electron chi connectivity index (χ0n) is 12.6. The van der Waals surface area contributed by atoms with Crippen molar-refractivity contribution in [3.8, 4) is 0 Å². The van der Waals surface area contributed by atoms with Gasteiger partial charge in [-0.3, -0.25) is 4.79 Å². The fourth-order valence-electron chi connectivity index (χ4n) is 2.23. The second-order valence-electron chi connectivity index (χ2n) is 5.41. The van der Waals surface area contributed by atoms with E-state index < -0.39 is 0 Å². The number of nitrogens with one attached hydrogen (secondary N) is 1. The van der Waals surface area contributed by atoms with E-state index in [0.717, 1.165) is 27.9 Å². The van der Waals surface area contributed by atoms with Crippen LogP contribution in [-0.4, -0.2) is 12.3 Å². The third-order valence-electron chi connectivity index (χ3n) is 3.53. The van der Waals surface area contributed by atoms with Crippen LogP contribution in [0.5, 0.6) is 0 Å². The number of anilines is 1. The summed E-state index contributed by atoms with van der Waals surface area (Å²) < 4.78 is 0. The molecule has 0 aliphatic rings. The van der Waals surface area contributed by atoms with Crippen molar-refractivity contribution in [3.05, 3.63) is 64.2 Å². The maximum Gasteiger partial charge on any atom is 0.182 e. The van der Waals surface area contributed by atoms with E-state index in [9.17, 15) is 4.79 Å². The van der Waals surface area contributed by atoms with Crippen molar-refractivity contribution in [1.29, 1.82) is 0 Å². The quantitative estimate of drug-likeness (QED) is 0.840. The molecule has 2 nitrogen and oxygen atoms in total. The van der Waals surface area contributed by atoms with Crippen LogP contribution in [0.25, 0.3) is 0 Å². The minimum absolute atomic E-state index is 0.132. The molecular formula is C18H21NO. The zero-order valence-corrected chi connectivity index (χ0v) is 12.6. The highest BCUT2D eigenvalue weighted by molar-refractivity contribution is 6.00. The second-order valence-corrected chi connectivity index (χ2v) is 5.41. The van der Waals surface area contributed by atoms with Crippen molar-refractivity contribution in [2.75, 3.05) is 11.9 Å². The van der Waals surface area contributed by atoms with Crippen molar-refractivity contribution in [2.45, 2.75) is 27.7 Å².